The van der Waals surface area contributed by atoms with E-state index in [2.05, 4.69) is 20.9 Å². The molecule has 1 N–H and O–H groups in total. The van der Waals surface area contributed by atoms with Crippen molar-refractivity contribution in [2.45, 2.75) is 32.7 Å². The fourth-order valence-electron chi connectivity index (χ4n) is 1.40. The first-order valence-corrected chi connectivity index (χ1v) is 6.19. The molecule has 0 radical (unpaired) electrons. The molecule has 5 heteroatoms. The molecule has 0 unspecified atom stereocenters. The van der Waals surface area contributed by atoms with Crippen molar-refractivity contribution >= 4 is 15.9 Å². The Morgan fingerprint density at radius 1 is 1.47 bits per heavy atom. The highest BCUT2D eigenvalue weighted by molar-refractivity contribution is 9.09. The number of aromatic amines is 1. The van der Waals surface area contributed by atoms with Crippen molar-refractivity contribution in [3.05, 3.63) is 32.6 Å². The van der Waals surface area contributed by atoms with E-state index in [0.717, 1.165) is 18.2 Å². The highest BCUT2D eigenvalue weighted by Crippen LogP contribution is 1.96. The Balaban J connectivity index is 3.01. The molecule has 0 saturated carbocycles. The normalized spacial score (nSPS) is 10.5. The summed E-state index contributed by atoms with van der Waals surface area (Å²) in [7, 11) is 0. The monoisotopic (exact) mass is 274 g/mol. The lowest BCUT2D eigenvalue weighted by Gasteiger charge is -2.05. The molecule has 0 amide bonds. The second kappa shape index (κ2) is 5.90. The van der Waals surface area contributed by atoms with Crippen LogP contribution in [0.25, 0.3) is 0 Å². The highest BCUT2D eigenvalue weighted by atomic mass is 79.9. The van der Waals surface area contributed by atoms with E-state index in [1.807, 2.05) is 6.92 Å². The zero-order valence-electron chi connectivity index (χ0n) is 8.75. The van der Waals surface area contributed by atoms with E-state index in [1.165, 1.54) is 0 Å². The summed E-state index contributed by atoms with van der Waals surface area (Å²) in [5.41, 5.74) is 0.115. The SMILES string of the molecule is CCCc1cn(CCCBr)c(=O)[nH]c1=O. The zero-order valence-corrected chi connectivity index (χ0v) is 10.3. The number of rotatable bonds is 5. The van der Waals surface area contributed by atoms with Crippen LogP contribution in [0.4, 0.5) is 0 Å². The van der Waals surface area contributed by atoms with Gasteiger partial charge in [0.2, 0.25) is 0 Å². The number of aryl methyl sites for hydroxylation is 2. The topological polar surface area (TPSA) is 54.9 Å². The maximum atomic E-state index is 11.4. The summed E-state index contributed by atoms with van der Waals surface area (Å²) in [6.45, 7) is 2.64. The minimum Gasteiger partial charge on any atom is -0.300 e. The van der Waals surface area contributed by atoms with E-state index in [9.17, 15) is 9.59 Å². The number of hydrogen-bond acceptors (Lipinski definition) is 2. The van der Waals surface area contributed by atoms with Crippen molar-refractivity contribution in [3.8, 4) is 0 Å². The van der Waals surface area contributed by atoms with Crippen LogP contribution in [0.1, 0.15) is 25.3 Å². The number of aromatic nitrogens is 2. The Hall–Kier alpha value is -0.840. The van der Waals surface area contributed by atoms with Crippen LogP contribution in [-0.2, 0) is 13.0 Å². The van der Waals surface area contributed by atoms with Gasteiger partial charge in [0.1, 0.15) is 0 Å². The molecule has 84 valence electrons. The smallest absolute Gasteiger partial charge is 0.300 e. The second-order valence-corrected chi connectivity index (χ2v) is 4.19. The maximum Gasteiger partial charge on any atom is 0.328 e. The first kappa shape index (κ1) is 12.2. The van der Waals surface area contributed by atoms with E-state index < -0.39 is 0 Å². The predicted molar refractivity (Wildman–Crippen MR) is 63.7 cm³/mol. The van der Waals surface area contributed by atoms with Gasteiger partial charge in [-0.05, 0) is 12.8 Å². The van der Waals surface area contributed by atoms with Crippen molar-refractivity contribution in [1.29, 1.82) is 0 Å². The molecule has 15 heavy (non-hydrogen) atoms. The summed E-state index contributed by atoms with van der Waals surface area (Å²) >= 11 is 3.31. The van der Waals surface area contributed by atoms with Crippen LogP contribution in [-0.4, -0.2) is 14.9 Å². The summed E-state index contributed by atoms with van der Waals surface area (Å²) in [6.07, 6.45) is 4.16. The standard InChI is InChI=1S/C10H15BrN2O2/c1-2-4-8-7-13(6-3-5-11)10(15)12-9(8)14/h7H,2-6H2,1H3,(H,12,14,15). The molecule has 0 aliphatic rings. The lowest BCUT2D eigenvalue weighted by atomic mass is 10.2. The molecular weight excluding hydrogens is 260 g/mol. The Kier molecular flexibility index (Phi) is 4.81. The van der Waals surface area contributed by atoms with Crippen LogP contribution in [0.2, 0.25) is 0 Å². The van der Waals surface area contributed by atoms with Crippen molar-refractivity contribution < 1.29 is 0 Å². The molecular formula is C10H15BrN2O2. The largest absolute Gasteiger partial charge is 0.328 e. The van der Waals surface area contributed by atoms with Crippen molar-refractivity contribution in [2.75, 3.05) is 5.33 Å². The molecule has 0 atom stereocenters. The fraction of sp³-hybridized carbons (Fsp3) is 0.600. The molecule has 0 fully saturated rings. The Morgan fingerprint density at radius 2 is 2.20 bits per heavy atom. The van der Waals surface area contributed by atoms with Crippen molar-refractivity contribution in [1.82, 2.24) is 9.55 Å². The van der Waals surface area contributed by atoms with Crippen LogP contribution < -0.4 is 11.2 Å². The Labute approximate surface area is 96.5 Å². The molecule has 1 heterocycles. The van der Waals surface area contributed by atoms with Gasteiger partial charge in [-0.1, -0.05) is 29.3 Å². The number of alkyl halides is 1. The number of halogens is 1. The van der Waals surface area contributed by atoms with Gasteiger partial charge < -0.3 is 4.57 Å². The predicted octanol–water partition coefficient (Wildman–Crippen LogP) is 1.27. The Morgan fingerprint density at radius 3 is 2.80 bits per heavy atom. The van der Waals surface area contributed by atoms with Crippen molar-refractivity contribution in [2.24, 2.45) is 0 Å². The summed E-state index contributed by atoms with van der Waals surface area (Å²) in [5, 5.41) is 0.849. The minimum atomic E-state index is -0.319. The average Bonchev–Trinajstić information content (AvgIpc) is 2.20. The van der Waals surface area contributed by atoms with E-state index in [4.69, 9.17) is 0 Å². The van der Waals surface area contributed by atoms with Crippen molar-refractivity contribution in [3.63, 3.8) is 0 Å². The van der Waals surface area contributed by atoms with E-state index >= 15 is 0 Å². The summed E-state index contributed by atoms with van der Waals surface area (Å²) in [5.74, 6) is 0. The lowest BCUT2D eigenvalue weighted by molar-refractivity contribution is 0.627. The first-order chi connectivity index (χ1) is 7.19. The van der Waals surface area contributed by atoms with E-state index in [-0.39, 0.29) is 11.2 Å². The third-order valence-electron chi connectivity index (χ3n) is 2.14. The second-order valence-electron chi connectivity index (χ2n) is 3.40. The van der Waals surface area contributed by atoms with Crippen LogP contribution in [0.3, 0.4) is 0 Å². The average molecular weight is 275 g/mol. The molecule has 0 spiro atoms. The summed E-state index contributed by atoms with van der Waals surface area (Å²) in [6, 6.07) is 0. The molecule has 4 nitrogen and oxygen atoms in total. The van der Waals surface area contributed by atoms with Gasteiger partial charge in [-0.2, -0.15) is 0 Å². The summed E-state index contributed by atoms with van der Waals surface area (Å²) < 4.78 is 1.56. The molecule has 0 bridgehead atoms. The minimum absolute atomic E-state index is 0.253. The quantitative estimate of drug-likeness (QED) is 0.823. The maximum absolute atomic E-state index is 11.4. The number of nitrogens with one attached hydrogen (secondary N) is 1. The molecule has 0 aliphatic carbocycles. The van der Waals surface area contributed by atoms with E-state index in [1.54, 1.807) is 10.8 Å². The van der Waals surface area contributed by atoms with Gasteiger partial charge in [-0.3, -0.25) is 9.78 Å². The van der Waals surface area contributed by atoms with Crippen LogP contribution in [0.15, 0.2) is 15.8 Å². The third kappa shape index (κ3) is 3.34. The van der Waals surface area contributed by atoms with Gasteiger partial charge in [-0.25, -0.2) is 4.79 Å². The van der Waals surface area contributed by atoms with E-state index in [0.29, 0.717) is 18.5 Å². The zero-order chi connectivity index (χ0) is 11.3. The number of hydrogen-bond donors (Lipinski definition) is 1. The van der Waals surface area contributed by atoms with Gasteiger partial charge >= 0.3 is 5.69 Å². The van der Waals surface area contributed by atoms with Gasteiger partial charge in [0.15, 0.2) is 0 Å². The number of H-pyrrole nitrogens is 1. The highest BCUT2D eigenvalue weighted by Gasteiger charge is 2.03. The first-order valence-electron chi connectivity index (χ1n) is 5.07. The number of nitrogens with zero attached hydrogens (tertiary/aromatic N) is 1. The van der Waals surface area contributed by atoms with Gasteiger partial charge in [0.05, 0.1) is 0 Å². The molecule has 1 aromatic rings. The molecule has 1 rings (SSSR count). The molecule has 0 aromatic carbocycles. The molecule has 0 saturated heterocycles. The summed E-state index contributed by atoms with van der Waals surface area (Å²) in [4.78, 5) is 25.1. The van der Waals surface area contributed by atoms with Gasteiger partial charge in [0.25, 0.3) is 5.56 Å². The van der Waals surface area contributed by atoms with Crippen LogP contribution in [0, 0.1) is 0 Å². The van der Waals surface area contributed by atoms with Crippen LogP contribution >= 0.6 is 15.9 Å². The third-order valence-corrected chi connectivity index (χ3v) is 2.70. The van der Waals surface area contributed by atoms with Gasteiger partial charge in [-0.15, -0.1) is 0 Å². The Bertz CT molecular complexity index is 422. The lowest BCUT2D eigenvalue weighted by Crippen LogP contribution is -2.31. The van der Waals surface area contributed by atoms with Gasteiger partial charge in [0, 0.05) is 23.6 Å². The fourth-order valence-corrected chi connectivity index (χ4v) is 1.65. The molecule has 1 aromatic heterocycles. The molecule has 0 aliphatic heterocycles. The van der Waals surface area contributed by atoms with Crippen LogP contribution in [0.5, 0.6) is 0 Å².